The van der Waals surface area contributed by atoms with Gasteiger partial charge in [0.25, 0.3) is 0 Å². The lowest BCUT2D eigenvalue weighted by atomic mass is 10.1. The molecule has 1 amide bonds. The van der Waals surface area contributed by atoms with E-state index in [0.717, 1.165) is 28.2 Å². The van der Waals surface area contributed by atoms with E-state index in [-0.39, 0.29) is 5.91 Å². The van der Waals surface area contributed by atoms with E-state index < -0.39 is 5.38 Å². The lowest BCUT2D eigenvalue weighted by Crippen LogP contribution is -2.20. The molecule has 1 N–H and O–H groups in total. The molecule has 0 bridgehead atoms. The highest BCUT2D eigenvalue weighted by Crippen LogP contribution is 2.25. The van der Waals surface area contributed by atoms with Gasteiger partial charge in [0.05, 0.1) is 11.4 Å². The number of hydrogen-bond donors (Lipinski definition) is 1. The predicted molar refractivity (Wildman–Crippen MR) is 90.5 cm³/mol. The molecule has 0 saturated carbocycles. The first-order valence-electron chi connectivity index (χ1n) is 7.00. The normalized spacial score (nSPS) is 12.4. The van der Waals surface area contributed by atoms with Crippen molar-refractivity contribution < 1.29 is 4.79 Å². The summed E-state index contributed by atoms with van der Waals surface area (Å²) in [6.45, 7) is 5.53. The third-order valence-corrected chi connectivity index (χ3v) is 3.42. The molecule has 0 aliphatic rings. The Morgan fingerprint density at radius 2 is 1.82 bits per heavy atom. The minimum absolute atomic E-state index is 0.223. The molecule has 114 valence electrons. The molecule has 0 aliphatic heterocycles. The number of azo groups is 1. The Labute approximate surface area is 135 Å². The number of carbonyl (C=O) groups is 1. The highest BCUT2D eigenvalue weighted by molar-refractivity contribution is 6.32. The maximum absolute atomic E-state index is 11.6. The number of amides is 1. The molecule has 0 saturated heterocycles. The van der Waals surface area contributed by atoms with Crippen molar-refractivity contribution in [3.63, 3.8) is 0 Å². The number of rotatable bonds is 4. The van der Waals surface area contributed by atoms with Crippen molar-refractivity contribution in [2.45, 2.75) is 26.1 Å². The summed E-state index contributed by atoms with van der Waals surface area (Å²) in [6, 6.07) is 13.3. The fourth-order valence-corrected chi connectivity index (χ4v) is 1.92. The first-order valence-corrected chi connectivity index (χ1v) is 7.44. The molecule has 0 spiro atoms. The lowest BCUT2D eigenvalue weighted by molar-refractivity contribution is -0.115. The summed E-state index contributed by atoms with van der Waals surface area (Å²) in [6.07, 6.45) is 0. The number of anilines is 1. The summed E-state index contributed by atoms with van der Waals surface area (Å²) >= 11 is 5.75. The van der Waals surface area contributed by atoms with Crippen molar-refractivity contribution in [1.82, 2.24) is 0 Å². The van der Waals surface area contributed by atoms with Gasteiger partial charge in [0.15, 0.2) is 0 Å². The van der Waals surface area contributed by atoms with Gasteiger partial charge < -0.3 is 5.32 Å². The van der Waals surface area contributed by atoms with Crippen LogP contribution < -0.4 is 5.32 Å². The molecule has 5 heteroatoms. The summed E-state index contributed by atoms with van der Waals surface area (Å²) in [4.78, 5) is 11.6. The fourth-order valence-electron chi connectivity index (χ4n) is 1.87. The van der Waals surface area contributed by atoms with Crippen molar-refractivity contribution in [1.29, 1.82) is 0 Å². The third-order valence-electron chi connectivity index (χ3n) is 3.22. The van der Waals surface area contributed by atoms with Crippen LogP contribution in [0.1, 0.15) is 18.1 Å². The number of halogens is 1. The van der Waals surface area contributed by atoms with E-state index in [4.69, 9.17) is 11.6 Å². The van der Waals surface area contributed by atoms with Gasteiger partial charge in [-0.15, -0.1) is 11.6 Å². The Morgan fingerprint density at radius 1 is 1.09 bits per heavy atom. The van der Waals surface area contributed by atoms with Gasteiger partial charge in [0, 0.05) is 5.69 Å². The fraction of sp³-hybridized carbons (Fsp3) is 0.235. The Morgan fingerprint density at radius 3 is 2.45 bits per heavy atom. The first kappa shape index (κ1) is 16.2. The number of nitrogens with zero attached hydrogens (tertiary/aromatic N) is 2. The molecule has 0 aliphatic carbocycles. The summed E-state index contributed by atoms with van der Waals surface area (Å²) in [5.74, 6) is -0.223. The Hall–Kier alpha value is -2.20. The molecule has 1 unspecified atom stereocenters. The average molecular weight is 316 g/mol. The number of benzene rings is 2. The SMILES string of the molecule is Cc1ccccc1N=Nc1ccc(NC(=O)C(C)Cl)c(C)c1. The zero-order valence-corrected chi connectivity index (χ0v) is 13.6. The van der Waals surface area contributed by atoms with Gasteiger partial charge in [0.2, 0.25) is 5.91 Å². The molecule has 22 heavy (non-hydrogen) atoms. The van der Waals surface area contributed by atoms with Crippen LogP contribution >= 0.6 is 11.6 Å². The molecule has 2 aromatic carbocycles. The number of aryl methyl sites for hydroxylation is 2. The number of hydrogen-bond acceptors (Lipinski definition) is 3. The molecule has 2 aromatic rings. The smallest absolute Gasteiger partial charge is 0.242 e. The minimum Gasteiger partial charge on any atom is -0.325 e. The minimum atomic E-state index is -0.570. The van der Waals surface area contributed by atoms with Gasteiger partial charge >= 0.3 is 0 Å². The van der Waals surface area contributed by atoms with Crippen LogP contribution in [0.2, 0.25) is 0 Å². The Balaban J connectivity index is 2.16. The quantitative estimate of drug-likeness (QED) is 0.605. The maximum atomic E-state index is 11.6. The van der Waals surface area contributed by atoms with Crippen molar-refractivity contribution in [2.75, 3.05) is 5.32 Å². The van der Waals surface area contributed by atoms with E-state index in [0.29, 0.717) is 0 Å². The Bertz CT molecular complexity index is 711. The number of nitrogens with one attached hydrogen (secondary N) is 1. The van der Waals surface area contributed by atoms with Crippen LogP contribution in [0, 0.1) is 13.8 Å². The molecule has 0 fully saturated rings. The topological polar surface area (TPSA) is 53.8 Å². The summed E-state index contributed by atoms with van der Waals surface area (Å²) < 4.78 is 0. The van der Waals surface area contributed by atoms with E-state index in [1.807, 2.05) is 50.2 Å². The molecule has 0 heterocycles. The van der Waals surface area contributed by atoms with Crippen molar-refractivity contribution in [3.05, 3.63) is 53.6 Å². The first-order chi connectivity index (χ1) is 10.5. The van der Waals surface area contributed by atoms with Crippen LogP contribution in [0.4, 0.5) is 17.1 Å². The molecule has 1 atom stereocenters. The average Bonchev–Trinajstić information content (AvgIpc) is 2.48. The van der Waals surface area contributed by atoms with Crippen LogP contribution in [-0.2, 0) is 4.79 Å². The summed E-state index contributed by atoms with van der Waals surface area (Å²) in [5.41, 5.74) is 4.29. The second-order valence-corrected chi connectivity index (χ2v) is 5.75. The van der Waals surface area contributed by atoms with Gasteiger partial charge in [-0.2, -0.15) is 10.2 Å². The zero-order chi connectivity index (χ0) is 16.1. The molecular formula is C17H18ClN3O. The third kappa shape index (κ3) is 4.15. The molecule has 0 radical (unpaired) electrons. The van der Waals surface area contributed by atoms with Crippen molar-refractivity contribution >= 4 is 34.6 Å². The lowest BCUT2D eigenvalue weighted by Gasteiger charge is -2.09. The molecule has 4 nitrogen and oxygen atoms in total. The van der Waals surface area contributed by atoms with E-state index in [2.05, 4.69) is 15.5 Å². The van der Waals surface area contributed by atoms with Gasteiger partial charge in [-0.05, 0) is 56.2 Å². The van der Waals surface area contributed by atoms with Crippen LogP contribution in [0.15, 0.2) is 52.7 Å². The maximum Gasteiger partial charge on any atom is 0.242 e. The van der Waals surface area contributed by atoms with Crippen molar-refractivity contribution in [2.24, 2.45) is 10.2 Å². The van der Waals surface area contributed by atoms with E-state index in [1.165, 1.54) is 0 Å². The van der Waals surface area contributed by atoms with E-state index >= 15 is 0 Å². The standard InChI is InChI=1S/C17H18ClN3O/c1-11-6-4-5-7-16(11)21-20-14-8-9-15(12(2)10-14)19-17(22)13(3)18/h4-10,13H,1-3H3,(H,19,22). The summed E-state index contributed by atoms with van der Waals surface area (Å²) in [7, 11) is 0. The second-order valence-electron chi connectivity index (χ2n) is 5.09. The predicted octanol–water partition coefficient (Wildman–Crippen LogP) is 5.28. The highest BCUT2D eigenvalue weighted by Gasteiger charge is 2.10. The van der Waals surface area contributed by atoms with Crippen LogP contribution in [0.5, 0.6) is 0 Å². The number of alkyl halides is 1. The van der Waals surface area contributed by atoms with Crippen LogP contribution in [-0.4, -0.2) is 11.3 Å². The Kier molecular flexibility index (Phi) is 5.28. The highest BCUT2D eigenvalue weighted by atomic mass is 35.5. The largest absolute Gasteiger partial charge is 0.325 e. The van der Waals surface area contributed by atoms with Crippen LogP contribution in [0.25, 0.3) is 0 Å². The monoisotopic (exact) mass is 315 g/mol. The van der Waals surface area contributed by atoms with Gasteiger partial charge in [-0.25, -0.2) is 0 Å². The van der Waals surface area contributed by atoms with E-state index in [1.54, 1.807) is 13.0 Å². The number of carbonyl (C=O) groups excluding carboxylic acids is 1. The summed E-state index contributed by atoms with van der Waals surface area (Å²) in [5, 5.41) is 10.7. The molecular weight excluding hydrogens is 298 g/mol. The van der Waals surface area contributed by atoms with Crippen LogP contribution in [0.3, 0.4) is 0 Å². The molecule has 2 rings (SSSR count). The van der Waals surface area contributed by atoms with Gasteiger partial charge in [-0.1, -0.05) is 18.2 Å². The van der Waals surface area contributed by atoms with Gasteiger partial charge in [-0.3, -0.25) is 4.79 Å². The molecule has 0 aromatic heterocycles. The van der Waals surface area contributed by atoms with Gasteiger partial charge in [0.1, 0.15) is 5.38 Å². The van der Waals surface area contributed by atoms with Crippen molar-refractivity contribution in [3.8, 4) is 0 Å². The zero-order valence-electron chi connectivity index (χ0n) is 12.8. The van der Waals surface area contributed by atoms with E-state index in [9.17, 15) is 4.79 Å². The second kappa shape index (κ2) is 7.18.